The number of hydrogen-bond donors (Lipinski definition) is 1. The zero-order valence-electron chi connectivity index (χ0n) is 11.6. The molecule has 0 saturated carbocycles. The number of halogens is 4. The van der Waals surface area contributed by atoms with Gasteiger partial charge in [0, 0.05) is 6.54 Å². The van der Waals surface area contributed by atoms with Gasteiger partial charge in [-0.2, -0.15) is 5.10 Å². The number of nitrogens with zero attached hydrogens (tertiary/aromatic N) is 2. The molecular formula is C14H15BrClF2N3. The second kappa shape index (κ2) is 6.85. The Morgan fingerprint density at radius 3 is 2.71 bits per heavy atom. The maximum Gasteiger partial charge on any atom is 0.173 e. The van der Waals surface area contributed by atoms with Crippen LogP contribution in [0.3, 0.4) is 0 Å². The first-order valence-electron chi connectivity index (χ1n) is 6.59. The maximum absolute atomic E-state index is 13.8. The third kappa shape index (κ3) is 3.12. The van der Waals surface area contributed by atoms with Crippen LogP contribution in [0.15, 0.2) is 22.8 Å². The highest BCUT2D eigenvalue weighted by Gasteiger charge is 2.25. The van der Waals surface area contributed by atoms with Gasteiger partial charge in [-0.3, -0.25) is 4.68 Å². The van der Waals surface area contributed by atoms with Gasteiger partial charge in [-0.15, -0.1) is 0 Å². The third-order valence-corrected chi connectivity index (χ3v) is 4.29. The van der Waals surface area contributed by atoms with Crippen LogP contribution in [0.5, 0.6) is 0 Å². The van der Waals surface area contributed by atoms with Crippen LogP contribution in [-0.2, 0) is 6.54 Å². The molecule has 0 aliphatic carbocycles. The molecule has 0 aliphatic heterocycles. The Kier molecular flexibility index (Phi) is 5.35. The van der Waals surface area contributed by atoms with E-state index in [9.17, 15) is 8.78 Å². The summed E-state index contributed by atoms with van der Waals surface area (Å²) in [5, 5.41) is 7.92. The Bertz CT molecular complexity index is 645. The molecule has 0 amide bonds. The fraction of sp³-hybridized carbons (Fsp3) is 0.357. The minimum atomic E-state index is -0.908. The second-order valence-corrected chi connectivity index (χ2v) is 5.65. The van der Waals surface area contributed by atoms with E-state index in [0.717, 1.165) is 11.8 Å². The Morgan fingerprint density at radius 2 is 2.10 bits per heavy atom. The predicted octanol–water partition coefficient (Wildman–Crippen LogP) is 4.30. The molecule has 2 rings (SSSR count). The van der Waals surface area contributed by atoms with E-state index in [1.165, 1.54) is 0 Å². The van der Waals surface area contributed by atoms with Crippen molar-refractivity contribution in [1.82, 2.24) is 15.1 Å². The molecule has 0 fully saturated rings. The number of rotatable bonds is 5. The molecule has 0 bridgehead atoms. The zero-order chi connectivity index (χ0) is 15.6. The molecule has 3 nitrogen and oxygen atoms in total. The van der Waals surface area contributed by atoms with Gasteiger partial charge >= 0.3 is 0 Å². The Morgan fingerprint density at radius 1 is 1.38 bits per heavy atom. The average molecular weight is 379 g/mol. The minimum absolute atomic E-state index is 0.0911. The lowest BCUT2D eigenvalue weighted by atomic mass is 10.0. The summed E-state index contributed by atoms with van der Waals surface area (Å²) < 4.78 is 28.9. The van der Waals surface area contributed by atoms with Crippen LogP contribution in [0.25, 0.3) is 0 Å². The van der Waals surface area contributed by atoms with E-state index in [4.69, 9.17) is 11.6 Å². The molecular weight excluding hydrogens is 364 g/mol. The van der Waals surface area contributed by atoms with Gasteiger partial charge in [-0.1, -0.05) is 24.6 Å². The van der Waals surface area contributed by atoms with Crippen molar-refractivity contribution in [3.05, 3.63) is 50.7 Å². The summed E-state index contributed by atoms with van der Waals surface area (Å²) in [7, 11) is 0. The number of aromatic nitrogens is 2. The standard InChI is InChI=1S/C14H15BrClF2N3/c1-3-19-13(14-9(16)7-20-21(14)4-2)8-5-6-10(17)12(18)11(8)15/h5-7,13,19H,3-4H2,1-2H3. The molecule has 0 aliphatic rings. The van der Waals surface area contributed by atoms with Crippen LogP contribution in [-0.4, -0.2) is 16.3 Å². The molecule has 1 aromatic heterocycles. The fourth-order valence-corrected chi connectivity index (χ4v) is 3.03. The molecule has 1 unspecified atom stereocenters. The smallest absolute Gasteiger partial charge is 0.173 e. The number of nitrogens with one attached hydrogen (secondary N) is 1. The van der Waals surface area contributed by atoms with Crippen molar-refractivity contribution in [2.45, 2.75) is 26.4 Å². The first-order chi connectivity index (χ1) is 10.0. The highest BCUT2D eigenvalue weighted by Crippen LogP contribution is 2.34. The molecule has 0 radical (unpaired) electrons. The molecule has 1 atom stereocenters. The monoisotopic (exact) mass is 377 g/mol. The molecule has 114 valence electrons. The van der Waals surface area contributed by atoms with Gasteiger partial charge in [0.15, 0.2) is 11.6 Å². The van der Waals surface area contributed by atoms with Gasteiger partial charge < -0.3 is 5.32 Å². The fourth-order valence-electron chi connectivity index (χ4n) is 2.23. The molecule has 1 aromatic carbocycles. The first-order valence-corrected chi connectivity index (χ1v) is 7.76. The van der Waals surface area contributed by atoms with E-state index in [1.54, 1.807) is 16.9 Å². The largest absolute Gasteiger partial charge is 0.305 e. The van der Waals surface area contributed by atoms with Gasteiger partial charge in [-0.05, 0) is 41.0 Å². The summed E-state index contributed by atoms with van der Waals surface area (Å²) in [4.78, 5) is 0. The van der Waals surface area contributed by atoms with Crippen LogP contribution in [0.1, 0.15) is 31.1 Å². The molecule has 7 heteroatoms. The Hall–Kier alpha value is -0.980. The normalized spacial score (nSPS) is 12.7. The Balaban J connectivity index is 2.59. The van der Waals surface area contributed by atoms with Crippen molar-refractivity contribution >= 4 is 27.5 Å². The molecule has 0 spiro atoms. The molecule has 1 heterocycles. The van der Waals surface area contributed by atoms with E-state index in [0.29, 0.717) is 23.7 Å². The van der Waals surface area contributed by atoms with E-state index >= 15 is 0 Å². The van der Waals surface area contributed by atoms with E-state index in [1.807, 2.05) is 13.8 Å². The van der Waals surface area contributed by atoms with Crippen LogP contribution in [0.4, 0.5) is 8.78 Å². The van der Waals surface area contributed by atoms with Crippen LogP contribution in [0.2, 0.25) is 5.02 Å². The van der Waals surface area contributed by atoms with E-state index in [2.05, 4.69) is 26.3 Å². The summed E-state index contributed by atoms with van der Waals surface area (Å²) in [5.41, 5.74) is 1.31. The predicted molar refractivity (Wildman–Crippen MR) is 82.5 cm³/mol. The summed E-state index contributed by atoms with van der Waals surface area (Å²) in [6.07, 6.45) is 1.55. The molecule has 2 aromatic rings. The summed E-state index contributed by atoms with van der Waals surface area (Å²) in [6.45, 7) is 5.14. The van der Waals surface area contributed by atoms with Crippen molar-refractivity contribution in [1.29, 1.82) is 0 Å². The lowest BCUT2D eigenvalue weighted by molar-refractivity contribution is 0.494. The summed E-state index contributed by atoms with van der Waals surface area (Å²) in [6, 6.07) is 2.27. The van der Waals surface area contributed by atoms with Crippen molar-refractivity contribution < 1.29 is 8.78 Å². The lowest BCUT2D eigenvalue weighted by Crippen LogP contribution is -2.25. The summed E-state index contributed by atoms with van der Waals surface area (Å²) >= 11 is 9.35. The van der Waals surface area contributed by atoms with Crippen LogP contribution < -0.4 is 5.32 Å². The molecule has 21 heavy (non-hydrogen) atoms. The van der Waals surface area contributed by atoms with Crippen molar-refractivity contribution in [3.63, 3.8) is 0 Å². The quantitative estimate of drug-likeness (QED) is 0.786. The number of aryl methyl sites for hydroxylation is 1. The topological polar surface area (TPSA) is 29.9 Å². The highest BCUT2D eigenvalue weighted by atomic mass is 79.9. The zero-order valence-corrected chi connectivity index (χ0v) is 14.0. The number of hydrogen-bond acceptors (Lipinski definition) is 2. The first kappa shape index (κ1) is 16.4. The highest BCUT2D eigenvalue weighted by molar-refractivity contribution is 9.10. The SMILES string of the molecule is CCNC(c1ccc(F)c(F)c1Br)c1c(Cl)cnn1CC. The van der Waals surface area contributed by atoms with Crippen LogP contribution >= 0.6 is 27.5 Å². The minimum Gasteiger partial charge on any atom is -0.305 e. The van der Waals surface area contributed by atoms with Gasteiger partial charge in [0.05, 0.1) is 27.4 Å². The van der Waals surface area contributed by atoms with Crippen LogP contribution in [0, 0.1) is 11.6 Å². The van der Waals surface area contributed by atoms with Gasteiger partial charge in [-0.25, -0.2) is 8.78 Å². The third-order valence-electron chi connectivity index (χ3n) is 3.19. The van der Waals surface area contributed by atoms with Crippen molar-refractivity contribution in [2.24, 2.45) is 0 Å². The van der Waals surface area contributed by atoms with E-state index in [-0.39, 0.29) is 10.5 Å². The molecule has 0 saturated heterocycles. The van der Waals surface area contributed by atoms with Crippen molar-refractivity contribution in [2.75, 3.05) is 6.54 Å². The van der Waals surface area contributed by atoms with E-state index < -0.39 is 11.6 Å². The van der Waals surface area contributed by atoms with Gasteiger partial charge in [0.1, 0.15) is 0 Å². The maximum atomic E-state index is 13.8. The average Bonchev–Trinajstić information content (AvgIpc) is 2.84. The second-order valence-electron chi connectivity index (χ2n) is 4.45. The van der Waals surface area contributed by atoms with Gasteiger partial charge in [0.2, 0.25) is 0 Å². The van der Waals surface area contributed by atoms with Crippen molar-refractivity contribution in [3.8, 4) is 0 Å². The summed E-state index contributed by atoms with van der Waals surface area (Å²) in [5.74, 6) is -1.80. The Labute approximate surface area is 135 Å². The number of benzene rings is 1. The van der Waals surface area contributed by atoms with Gasteiger partial charge in [0.25, 0.3) is 0 Å². The molecule has 1 N–H and O–H groups in total. The lowest BCUT2D eigenvalue weighted by Gasteiger charge is -2.21.